The van der Waals surface area contributed by atoms with E-state index in [0.29, 0.717) is 0 Å². The Kier molecular flexibility index (Phi) is 5.26. The monoisotopic (exact) mass is 348 g/mol. The number of thiazole rings is 1. The molecule has 24 heavy (non-hydrogen) atoms. The van der Waals surface area contributed by atoms with Gasteiger partial charge in [-0.15, -0.1) is 11.3 Å². The van der Waals surface area contributed by atoms with Gasteiger partial charge in [0.1, 0.15) is 5.82 Å². The molecule has 1 aromatic heterocycles. The molecule has 3 rings (SSSR count). The van der Waals surface area contributed by atoms with E-state index >= 15 is 0 Å². The fourth-order valence-electron chi connectivity index (χ4n) is 2.96. The van der Waals surface area contributed by atoms with E-state index in [1.54, 1.807) is 12.1 Å². The molecule has 0 aliphatic carbocycles. The maximum Gasteiger partial charge on any atom is 0.225 e. The predicted octanol–water partition coefficient (Wildman–Crippen LogP) is 3.48. The van der Waals surface area contributed by atoms with Crippen LogP contribution in [0.4, 0.5) is 4.39 Å². The summed E-state index contributed by atoms with van der Waals surface area (Å²) in [7, 11) is 0. The van der Waals surface area contributed by atoms with Crippen molar-refractivity contribution in [3.63, 3.8) is 0 Å². The Morgan fingerprint density at radius 3 is 2.88 bits per heavy atom. The van der Waals surface area contributed by atoms with Crippen molar-refractivity contribution in [2.24, 2.45) is 0 Å². The first kappa shape index (κ1) is 17.0. The van der Waals surface area contributed by atoms with Crippen LogP contribution in [0.1, 0.15) is 29.7 Å². The lowest BCUT2D eigenvalue weighted by Crippen LogP contribution is -2.41. The Bertz CT molecular complexity index is 708. The van der Waals surface area contributed by atoms with Crippen molar-refractivity contribution in [3.8, 4) is 11.3 Å². The van der Waals surface area contributed by atoms with Gasteiger partial charge in [-0.05, 0) is 51.0 Å². The number of ether oxygens (including phenoxy) is 1. The Labute approximate surface area is 145 Å². The van der Waals surface area contributed by atoms with Crippen molar-refractivity contribution < 1.29 is 13.9 Å². The Balaban J connectivity index is 1.70. The quantitative estimate of drug-likeness (QED) is 0.900. The van der Waals surface area contributed by atoms with Crippen LogP contribution in [0.25, 0.3) is 11.3 Å². The van der Waals surface area contributed by atoms with Gasteiger partial charge in [-0.25, -0.2) is 9.37 Å². The number of rotatable bonds is 5. The fraction of sp³-hybridized carbons (Fsp3) is 0.444. The highest BCUT2D eigenvalue weighted by atomic mass is 32.1. The van der Waals surface area contributed by atoms with E-state index in [4.69, 9.17) is 4.74 Å². The van der Waals surface area contributed by atoms with Crippen LogP contribution in [0.15, 0.2) is 24.3 Å². The van der Waals surface area contributed by atoms with E-state index in [9.17, 15) is 9.18 Å². The lowest BCUT2D eigenvalue weighted by molar-refractivity contribution is -0.121. The van der Waals surface area contributed by atoms with Gasteiger partial charge in [-0.1, -0.05) is 0 Å². The summed E-state index contributed by atoms with van der Waals surface area (Å²) < 4.78 is 18.7. The van der Waals surface area contributed by atoms with Crippen molar-refractivity contribution in [2.45, 2.75) is 45.3 Å². The lowest BCUT2D eigenvalue weighted by atomic mass is 10.1. The summed E-state index contributed by atoms with van der Waals surface area (Å²) in [6, 6.07) is 6.21. The van der Waals surface area contributed by atoms with Gasteiger partial charge < -0.3 is 10.1 Å². The molecule has 2 aromatic rings. The molecule has 0 radical (unpaired) electrons. The summed E-state index contributed by atoms with van der Waals surface area (Å²) in [5.74, 6) is -0.319. The number of amides is 1. The second-order valence-electron chi connectivity index (χ2n) is 6.10. The smallest absolute Gasteiger partial charge is 0.225 e. The third-order valence-corrected chi connectivity index (χ3v) is 5.13. The topological polar surface area (TPSA) is 51.2 Å². The van der Waals surface area contributed by atoms with Crippen molar-refractivity contribution in [1.82, 2.24) is 10.3 Å². The second kappa shape index (κ2) is 7.40. The summed E-state index contributed by atoms with van der Waals surface area (Å²) in [6.45, 7) is 4.66. The van der Waals surface area contributed by atoms with Crippen LogP contribution in [-0.4, -0.2) is 29.6 Å². The molecule has 6 heteroatoms. The van der Waals surface area contributed by atoms with E-state index in [1.165, 1.54) is 23.5 Å². The molecule has 0 spiro atoms. The molecule has 4 nitrogen and oxygen atoms in total. The molecule has 1 saturated heterocycles. The van der Waals surface area contributed by atoms with E-state index < -0.39 is 0 Å². The van der Waals surface area contributed by atoms with Crippen molar-refractivity contribution in [2.75, 3.05) is 6.61 Å². The Hall–Kier alpha value is -1.79. The van der Waals surface area contributed by atoms with Gasteiger partial charge >= 0.3 is 0 Å². The summed E-state index contributed by atoms with van der Waals surface area (Å²) >= 11 is 1.50. The Morgan fingerprint density at radius 2 is 2.21 bits per heavy atom. The number of hydrogen-bond acceptors (Lipinski definition) is 4. The van der Waals surface area contributed by atoms with Gasteiger partial charge in [0.15, 0.2) is 0 Å². The molecule has 0 bridgehead atoms. The molecule has 128 valence electrons. The van der Waals surface area contributed by atoms with E-state index in [-0.39, 0.29) is 30.3 Å². The summed E-state index contributed by atoms with van der Waals surface area (Å²) in [5.41, 5.74) is 1.59. The van der Waals surface area contributed by atoms with Gasteiger partial charge in [0.2, 0.25) is 5.91 Å². The number of aromatic nitrogens is 1. The summed E-state index contributed by atoms with van der Waals surface area (Å²) in [4.78, 5) is 17.8. The van der Waals surface area contributed by atoms with E-state index in [0.717, 1.165) is 40.6 Å². The number of halogens is 1. The number of nitrogens with one attached hydrogen (secondary N) is 1. The minimum atomic E-state index is -0.282. The number of aryl methyl sites for hydroxylation is 1. The van der Waals surface area contributed by atoms with Crippen molar-refractivity contribution in [3.05, 3.63) is 40.0 Å². The molecule has 0 saturated carbocycles. The highest BCUT2D eigenvalue weighted by Gasteiger charge is 2.24. The summed E-state index contributed by atoms with van der Waals surface area (Å²) in [5, 5.41) is 3.92. The van der Waals surface area contributed by atoms with Crippen LogP contribution in [-0.2, 0) is 16.0 Å². The van der Waals surface area contributed by atoms with Crippen LogP contribution in [0.2, 0.25) is 0 Å². The van der Waals surface area contributed by atoms with Crippen LogP contribution in [0.3, 0.4) is 0 Å². The standard InChI is InChI=1S/C18H21FN2O2S/c1-11(15-4-3-9-23-15)20-17(22)10-16-18(21-12(2)24-16)13-5-7-14(19)8-6-13/h5-8,11,15H,3-4,9-10H2,1-2H3,(H,20,22)/t11-,15-/m0/s1. The number of benzene rings is 1. The third-order valence-electron chi connectivity index (χ3n) is 4.15. The van der Waals surface area contributed by atoms with Gasteiger partial charge in [0.05, 0.1) is 29.3 Å². The largest absolute Gasteiger partial charge is 0.376 e. The zero-order chi connectivity index (χ0) is 17.1. The third kappa shape index (κ3) is 3.99. The fourth-order valence-corrected chi connectivity index (χ4v) is 3.92. The average molecular weight is 348 g/mol. The predicted molar refractivity (Wildman–Crippen MR) is 92.5 cm³/mol. The maximum absolute atomic E-state index is 13.1. The molecule has 2 atom stereocenters. The number of carbonyl (C=O) groups is 1. The zero-order valence-electron chi connectivity index (χ0n) is 13.8. The van der Waals surface area contributed by atoms with Crippen molar-refractivity contribution in [1.29, 1.82) is 0 Å². The molecule has 1 fully saturated rings. The maximum atomic E-state index is 13.1. The molecule has 2 heterocycles. The average Bonchev–Trinajstić information content (AvgIpc) is 3.18. The van der Waals surface area contributed by atoms with Crippen LogP contribution in [0, 0.1) is 12.7 Å². The molecule has 1 amide bonds. The van der Waals surface area contributed by atoms with Crippen LogP contribution >= 0.6 is 11.3 Å². The minimum Gasteiger partial charge on any atom is -0.376 e. The van der Waals surface area contributed by atoms with Crippen molar-refractivity contribution >= 4 is 17.2 Å². The van der Waals surface area contributed by atoms with Crippen LogP contribution < -0.4 is 5.32 Å². The first-order valence-electron chi connectivity index (χ1n) is 8.16. The van der Waals surface area contributed by atoms with E-state index in [2.05, 4.69) is 10.3 Å². The lowest BCUT2D eigenvalue weighted by Gasteiger charge is -2.19. The molecule has 1 aliphatic heterocycles. The highest BCUT2D eigenvalue weighted by Crippen LogP contribution is 2.28. The summed E-state index contributed by atoms with van der Waals surface area (Å²) in [6.07, 6.45) is 2.42. The molecule has 1 aliphatic rings. The van der Waals surface area contributed by atoms with Gasteiger partial charge in [-0.2, -0.15) is 0 Å². The number of nitrogens with zero attached hydrogens (tertiary/aromatic N) is 1. The second-order valence-corrected chi connectivity index (χ2v) is 7.38. The molecule has 0 unspecified atom stereocenters. The molecule has 1 N–H and O–H groups in total. The SMILES string of the molecule is Cc1nc(-c2ccc(F)cc2)c(CC(=O)N[C@@H](C)[C@@H]2CCCO2)s1. The number of carbonyl (C=O) groups excluding carboxylic acids is 1. The molecular formula is C18H21FN2O2S. The van der Waals surface area contributed by atoms with Gasteiger partial charge in [0, 0.05) is 17.0 Å². The first-order valence-corrected chi connectivity index (χ1v) is 8.98. The van der Waals surface area contributed by atoms with E-state index in [1.807, 2.05) is 13.8 Å². The van der Waals surface area contributed by atoms with Gasteiger partial charge in [0.25, 0.3) is 0 Å². The van der Waals surface area contributed by atoms with Crippen LogP contribution in [0.5, 0.6) is 0 Å². The normalized spacial score (nSPS) is 18.5. The Morgan fingerprint density at radius 1 is 1.46 bits per heavy atom. The van der Waals surface area contributed by atoms with Gasteiger partial charge in [-0.3, -0.25) is 4.79 Å². The molecular weight excluding hydrogens is 327 g/mol. The highest BCUT2D eigenvalue weighted by molar-refractivity contribution is 7.12. The number of hydrogen-bond donors (Lipinski definition) is 1. The zero-order valence-corrected chi connectivity index (χ0v) is 14.7. The molecule has 1 aromatic carbocycles. The minimum absolute atomic E-state index is 0.00305. The first-order chi connectivity index (χ1) is 11.5.